The number of hydrogen-bond donors (Lipinski definition) is 0. The first kappa shape index (κ1) is 15.5. The van der Waals surface area contributed by atoms with Gasteiger partial charge in [0.05, 0.1) is 24.0 Å². The highest BCUT2D eigenvalue weighted by Crippen LogP contribution is 2.27. The minimum atomic E-state index is 0.544. The Morgan fingerprint density at radius 3 is 2.78 bits per heavy atom. The Hall–Kier alpha value is -2.40. The van der Waals surface area contributed by atoms with Gasteiger partial charge in [0.15, 0.2) is 0 Å². The first-order valence-electron chi connectivity index (χ1n) is 7.77. The van der Waals surface area contributed by atoms with E-state index in [1.807, 2.05) is 35.3 Å². The highest BCUT2D eigenvalue weighted by Gasteiger charge is 2.08. The topological polar surface area (TPSA) is 49.2 Å². The lowest BCUT2D eigenvalue weighted by Gasteiger charge is -2.09. The van der Waals surface area contributed by atoms with E-state index in [1.54, 1.807) is 7.11 Å². The van der Waals surface area contributed by atoms with Crippen molar-refractivity contribution in [3.63, 3.8) is 0 Å². The van der Waals surface area contributed by atoms with Crippen molar-refractivity contribution in [3.8, 4) is 17.0 Å². The van der Waals surface area contributed by atoms with Crippen LogP contribution in [0.5, 0.6) is 5.75 Å². The van der Waals surface area contributed by atoms with E-state index >= 15 is 0 Å². The zero-order valence-electron chi connectivity index (χ0n) is 13.7. The van der Waals surface area contributed by atoms with E-state index in [9.17, 15) is 0 Å². The highest BCUT2D eigenvalue weighted by molar-refractivity contribution is 5.86. The molecule has 0 unspecified atom stereocenters. The summed E-state index contributed by atoms with van der Waals surface area (Å²) in [4.78, 5) is 4.76. The number of rotatable bonds is 6. The predicted molar refractivity (Wildman–Crippen MR) is 90.7 cm³/mol. The molecule has 0 aliphatic rings. The van der Waals surface area contributed by atoms with Crippen LogP contribution in [0.1, 0.15) is 12.5 Å². The molecule has 2 aromatic heterocycles. The fraction of sp³-hybridized carbons (Fsp3) is 0.333. The zero-order chi connectivity index (χ0) is 16.2. The Bertz CT molecular complexity index is 811. The van der Waals surface area contributed by atoms with Gasteiger partial charge in [-0.1, -0.05) is 0 Å². The summed E-state index contributed by atoms with van der Waals surface area (Å²) in [6.07, 6.45) is 3.88. The van der Waals surface area contributed by atoms with Crippen LogP contribution in [0, 0.1) is 6.92 Å². The molecular weight excluding hydrogens is 290 g/mol. The molecule has 0 saturated carbocycles. The van der Waals surface area contributed by atoms with Gasteiger partial charge in [0.2, 0.25) is 0 Å². The van der Waals surface area contributed by atoms with Gasteiger partial charge in [-0.2, -0.15) is 5.10 Å². The van der Waals surface area contributed by atoms with Gasteiger partial charge in [-0.05, 0) is 43.7 Å². The second-order valence-electron chi connectivity index (χ2n) is 5.43. The number of benzene rings is 1. The molecule has 120 valence electrons. The Morgan fingerprint density at radius 2 is 2.04 bits per heavy atom. The van der Waals surface area contributed by atoms with Crippen LogP contribution in [0.3, 0.4) is 0 Å². The van der Waals surface area contributed by atoms with Crippen LogP contribution < -0.4 is 4.74 Å². The molecule has 2 heterocycles. The quantitative estimate of drug-likeness (QED) is 0.654. The summed E-state index contributed by atoms with van der Waals surface area (Å²) in [6, 6.07) is 8.08. The van der Waals surface area contributed by atoms with Gasteiger partial charge in [-0.15, -0.1) is 0 Å². The molecule has 3 rings (SSSR count). The van der Waals surface area contributed by atoms with Gasteiger partial charge in [-0.25, -0.2) is 4.98 Å². The Labute approximate surface area is 135 Å². The molecule has 23 heavy (non-hydrogen) atoms. The van der Waals surface area contributed by atoms with E-state index in [4.69, 9.17) is 14.5 Å². The van der Waals surface area contributed by atoms with E-state index in [0.717, 1.165) is 34.5 Å². The van der Waals surface area contributed by atoms with Crippen molar-refractivity contribution in [2.45, 2.75) is 20.4 Å². The minimum absolute atomic E-state index is 0.544. The van der Waals surface area contributed by atoms with Crippen LogP contribution in [0.15, 0.2) is 36.7 Å². The number of aromatic nitrogens is 3. The molecule has 0 N–H and O–H groups in total. The van der Waals surface area contributed by atoms with Crippen LogP contribution in [0.4, 0.5) is 0 Å². The third kappa shape index (κ3) is 3.35. The Kier molecular flexibility index (Phi) is 4.57. The lowest BCUT2D eigenvalue weighted by atomic mass is 10.1. The van der Waals surface area contributed by atoms with Gasteiger partial charge in [0.1, 0.15) is 12.4 Å². The second kappa shape index (κ2) is 6.79. The van der Waals surface area contributed by atoms with Crippen molar-refractivity contribution in [2.75, 3.05) is 20.3 Å². The van der Waals surface area contributed by atoms with Crippen molar-refractivity contribution in [2.24, 2.45) is 0 Å². The average molecular weight is 311 g/mol. The number of methoxy groups -OCH3 is 1. The van der Waals surface area contributed by atoms with Gasteiger partial charge >= 0.3 is 0 Å². The third-order valence-electron chi connectivity index (χ3n) is 3.80. The zero-order valence-corrected chi connectivity index (χ0v) is 13.7. The number of hydrogen-bond acceptors (Lipinski definition) is 4. The number of aryl methyl sites for hydroxylation is 2. The summed E-state index contributed by atoms with van der Waals surface area (Å²) in [7, 11) is 1.67. The molecule has 3 aromatic rings. The first-order valence-corrected chi connectivity index (χ1v) is 7.77. The third-order valence-corrected chi connectivity index (χ3v) is 3.80. The monoisotopic (exact) mass is 311 g/mol. The lowest BCUT2D eigenvalue weighted by molar-refractivity contribution is 0.146. The minimum Gasteiger partial charge on any atom is -0.491 e. The van der Waals surface area contributed by atoms with Gasteiger partial charge in [0.25, 0.3) is 0 Å². The molecular formula is C18H21N3O2. The smallest absolute Gasteiger partial charge is 0.120 e. The maximum atomic E-state index is 5.68. The largest absolute Gasteiger partial charge is 0.491 e. The molecule has 0 spiro atoms. The van der Waals surface area contributed by atoms with E-state index in [1.165, 1.54) is 5.56 Å². The summed E-state index contributed by atoms with van der Waals surface area (Å²) in [5, 5.41) is 5.42. The fourth-order valence-electron chi connectivity index (χ4n) is 2.52. The van der Waals surface area contributed by atoms with Gasteiger partial charge in [0, 0.05) is 30.8 Å². The van der Waals surface area contributed by atoms with E-state index in [2.05, 4.69) is 25.0 Å². The maximum absolute atomic E-state index is 5.68. The molecule has 0 aliphatic carbocycles. The van der Waals surface area contributed by atoms with Crippen molar-refractivity contribution < 1.29 is 9.47 Å². The number of nitrogens with zero attached hydrogens (tertiary/aromatic N) is 3. The summed E-state index contributed by atoms with van der Waals surface area (Å²) in [5.41, 5.74) is 4.12. The van der Waals surface area contributed by atoms with E-state index in [-0.39, 0.29) is 0 Å². The Morgan fingerprint density at radius 1 is 1.17 bits per heavy atom. The number of ether oxygens (including phenoxy) is 2. The van der Waals surface area contributed by atoms with Crippen LogP contribution >= 0.6 is 0 Å². The fourth-order valence-corrected chi connectivity index (χ4v) is 2.52. The van der Waals surface area contributed by atoms with Crippen molar-refractivity contribution in [1.82, 2.24) is 14.8 Å². The lowest BCUT2D eigenvalue weighted by Crippen LogP contribution is -2.04. The summed E-state index contributed by atoms with van der Waals surface area (Å²) >= 11 is 0. The number of pyridine rings is 1. The number of fused-ring (bicyclic) bond motifs is 1. The van der Waals surface area contributed by atoms with Gasteiger partial charge < -0.3 is 9.47 Å². The van der Waals surface area contributed by atoms with Crippen LogP contribution in [-0.4, -0.2) is 35.1 Å². The van der Waals surface area contributed by atoms with Gasteiger partial charge in [-0.3, -0.25) is 4.68 Å². The average Bonchev–Trinajstić information content (AvgIpc) is 3.04. The molecule has 0 atom stereocenters. The van der Waals surface area contributed by atoms with Crippen molar-refractivity contribution >= 4 is 10.9 Å². The molecule has 5 nitrogen and oxygen atoms in total. The molecule has 1 aromatic carbocycles. The molecule has 0 aliphatic heterocycles. The first-order chi connectivity index (χ1) is 11.2. The summed E-state index contributed by atoms with van der Waals surface area (Å²) in [6.45, 7) is 6.14. The van der Waals surface area contributed by atoms with Crippen molar-refractivity contribution in [1.29, 1.82) is 0 Å². The van der Waals surface area contributed by atoms with E-state index in [0.29, 0.717) is 13.2 Å². The molecule has 0 fully saturated rings. The molecule has 5 heteroatoms. The van der Waals surface area contributed by atoms with Crippen LogP contribution in [-0.2, 0) is 11.3 Å². The van der Waals surface area contributed by atoms with E-state index < -0.39 is 0 Å². The summed E-state index contributed by atoms with van der Waals surface area (Å²) in [5.74, 6) is 0.839. The second-order valence-corrected chi connectivity index (χ2v) is 5.43. The van der Waals surface area contributed by atoms with Crippen LogP contribution in [0.2, 0.25) is 0 Å². The summed E-state index contributed by atoms with van der Waals surface area (Å²) < 4.78 is 12.6. The van der Waals surface area contributed by atoms with Crippen molar-refractivity contribution in [3.05, 3.63) is 42.2 Å². The normalized spacial score (nSPS) is 11.1. The highest BCUT2D eigenvalue weighted by atomic mass is 16.5. The molecule has 0 bridgehead atoms. The predicted octanol–water partition coefficient (Wildman–Crippen LogP) is 3.45. The molecule has 0 amide bonds. The SMILES string of the molecule is CCn1cc(-c2cc(C)c3cc(OCCOC)ccc3n2)cn1. The molecule has 0 radical (unpaired) electrons. The van der Waals surface area contributed by atoms with Crippen LogP contribution in [0.25, 0.3) is 22.2 Å². The maximum Gasteiger partial charge on any atom is 0.120 e. The Balaban J connectivity index is 1.94. The standard InChI is InChI=1S/C18H21N3O2/c1-4-21-12-14(11-19-21)18-9-13(2)16-10-15(23-8-7-22-3)5-6-17(16)20-18/h5-6,9-12H,4,7-8H2,1-3H3. The molecule has 0 saturated heterocycles.